The number of amides is 1. The molecule has 0 aromatic carbocycles. The van der Waals surface area contributed by atoms with Crippen LogP contribution in [0.3, 0.4) is 0 Å². The summed E-state index contributed by atoms with van der Waals surface area (Å²) in [6.45, 7) is 2.41. The third-order valence-corrected chi connectivity index (χ3v) is 3.59. The van der Waals surface area contributed by atoms with Crippen LogP contribution in [0.5, 0.6) is 0 Å². The van der Waals surface area contributed by atoms with Gasteiger partial charge in [-0.05, 0) is 31.1 Å². The first-order valence-electron chi connectivity index (χ1n) is 6.15. The van der Waals surface area contributed by atoms with Gasteiger partial charge in [0.2, 0.25) is 5.91 Å². The van der Waals surface area contributed by atoms with Crippen molar-refractivity contribution in [2.45, 2.75) is 19.3 Å². The summed E-state index contributed by atoms with van der Waals surface area (Å²) < 4.78 is 10.1. The van der Waals surface area contributed by atoms with E-state index in [-0.39, 0.29) is 11.8 Å². The smallest absolute Gasteiger partial charge is 0.223 e. The van der Waals surface area contributed by atoms with E-state index in [1.54, 1.807) is 7.11 Å². The van der Waals surface area contributed by atoms with Crippen LogP contribution < -0.4 is 5.32 Å². The minimum atomic E-state index is 0.225. The second-order valence-electron chi connectivity index (χ2n) is 4.82. The van der Waals surface area contributed by atoms with E-state index in [4.69, 9.17) is 9.47 Å². The fourth-order valence-electron chi connectivity index (χ4n) is 2.56. The van der Waals surface area contributed by atoms with Gasteiger partial charge in [0, 0.05) is 19.6 Å². The maximum absolute atomic E-state index is 11.7. The van der Waals surface area contributed by atoms with Gasteiger partial charge in [-0.2, -0.15) is 0 Å². The highest BCUT2D eigenvalue weighted by Gasteiger charge is 2.47. The SMILES string of the molecule is COCCOCCNC(=O)C1CC2CC2C1. The molecule has 0 aromatic heterocycles. The predicted octanol–water partition coefficient (Wildman–Crippen LogP) is 0.812. The predicted molar refractivity (Wildman–Crippen MR) is 60.0 cm³/mol. The molecule has 0 saturated heterocycles. The Morgan fingerprint density at radius 1 is 1.19 bits per heavy atom. The first-order valence-corrected chi connectivity index (χ1v) is 6.15. The average molecular weight is 227 g/mol. The third kappa shape index (κ3) is 3.19. The second kappa shape index (κ2) is 5.64. The summed E-state index contributed by atoms with van der Waals surface area (Å²) in [5, 5.41) is 2.94. The molecule has 2 fully saturated rings. The molecule has 2 aliphatic carbocycles. The van der Waals surface area contributed by atoms with Crippen molar-refractivity contribution in [1.82, 2.24) is 5.32 Å². The summed E-state index contributed by atoms with van der Waals surface area (Å²) in [5.41, 5.74) is 0. The number of hydrogen-bond donors (Lipinski definition) is 1. The fourth-order valence-corrected chi connectivity index (χ4v) is 2.56. The highest BCUT2D eigenvalue weighted by atomic mass is 16.5. The Kier molecular flexibility index (Phi) is 4.18. The number of fused-ring (bicyclic) bond motifs is 1. The number of rotatable bonds is 7. The molecule has 2 saturated carbocycles. The van der Waals surface area contributed by atoms with E-state index in [0.29, 0.717) is 26.4 Å². The van der Waals surface area contributed by atoms with E-state index < -0.39 is 0 Å². The highest BCUT2D eigenvalue weighted by molar-refractivity contribution is 5.79. The van der Waals surface area contributed by atoms with Crippen molar-refractivity contribution in [2.75, 3.05) is 33.5 Å². The summed E-state index contributed by atoms with van der Waals surface area (Å²) in [5.74, 6) is 2.24. The van der Waals surface area contributed by atoms with Gasteiger partial charge in [0.25, 0.3) is 0 Å². The number of methoxy groups -OCH3 is 1. The van der Waals surface area contributed by atoms with E-state index in [0.717, 1.165) is 24.7 Å². The zero-order valence-corrected chi connectivity index (χ0v) is 9.91. The van der Waals surface area contributed by atoms with Gasteiger partial charge in [0.15, 0.2) is 0 Å². The zero-order valence-electron chi connectivity index (χ0n) is 9.91. The summed E-state index contributed by atoms with van der Waals surface area (Å²) in [6, 6.07) is 0. The van der Waals surface area contributed by atoms with Gasteiger partial charge in [-0.1, -0.05) is 0 Å². The second-order valence-corrected chi connectivity index (χ2v) is 4.82. The third-order valence-electron chi connectivity index (χ3n) is 3.59. The molecule has 0 aliphatic heterocycles. The molecule has 0 radical (unpaired) electrons. The van der Waals surface area contributed by atoms with Gasteiger partial charge in [-0.25, -0.2) is 0 Å². The summed E-state index contributed by atoms with van der Waals surface area (Å²) >= 11 is 0. The van der Waals surface area contributed by atoms with E-state index >= 15 is 0 Å². The Balaban J connectivity index is 1.48. The molecule has 4 nitrogen and oxygen atoms in total. The molecule has 0 aromatic rings. The monoisotopic (exact) mass is 227 g/mol. The largest absolute Gasteiger partial charge is 0.382 e. The molecule has 16 heavy (non-hydrogen) atoms. The van der Waals surface area contributed by atoms with E-state index in [2.05, 4.69) is 5.32 Å². The van der Waals surface area contributed by atoms with Crippen molar-refractivity contribution in [3.8, 4) is 0 Å². The van der Waals surface area contributed by atoms with Crippen molar-refractivity contribution >= 4 is 5.91 Å². The Morgan fingerprint density at radius 2 is 1.94 bits per heavy atom. The number of carbonyl (C=O) groups is 1. The first-order chi connectivity index (χ1) is 7.81. The maximum atomic E-state index is 11.7. The van der Waals surface area contributed by atoms with Crippen LogP contribution in [-0.2, 0) is 14.3 Å². The molecular weight excluding hydrogens is 206 g/mol. The average Bonchev–Trinajstić information content (AvgIpc) is 2.90. The lowest BCUT2D eigenvalue weighted by Crippen LogP contribution is -2.32. The number of nitrogens with one attached hydrogen (secondary N) is 1. The quantitative estimate of drug-likeness (QED) is 0.655. The highest BCUT2D eigenvalue weighted by Crippen LogP contribution is 2.54. The topological polar surface area (TPSA) is 47.6 Å². The summed E-state index contributed by atoms with van der Waals surface area (Å²) in [7, 11) is 1.65. The summed E-state index contributed by atoms with van der Waals surface area (Å²) in [4.78, 5) is 11.7. The number of ether oxygens (including phenoxy) is 2. The van der Waals surface area contributed by atoms with Gasteiger partial charge in [-0.15, -0.1) is 0 Å². The Bertz CT molecular complexity index is 234. The zero-order chi connectivity index (χ0) is 11.4. The molecule has 1 amide bonds. The van der Waals surface area contributed by atoms with Crippen LogP contribution in [0.4, 0.5) is 0 Å². The molecule has 92 valence electrons. The van der Waals surface area contributed by atoms with Crippen LogP contribution in [0.25, 0.3) is 0 Å². The molecule has 0 bridgehead atoms. The van der Waals surface area contributed by atoms with Gasteiger partial charge < -0.3 is 14.8 Å². The van der Waals surface area contributed by atoms with Gasteiger partial charge >= 0.3 is 0 Å². The molecule has 2 unspecified atom stereocenters. The van der Waals surface area contributed by atoms with E-state index in [1.165, 1.54) is 6.42 Å². The van der Waals surface area contributed by atoms with E-state index in [1.807, 2.05) is 0 Å². The molecule has 2 atom stereocenters. The number of hydrogen-bond acceptors (Lipinski definition) is 3. The minimum absolute atomic E-state index is 0.225. The fraction of sp³-hybridized carbons (Fsp3) is 0.917. The Hall–Kier alpha value is -0.610. The standard InChI is InChI=1S/C12H21NO3/c1-15-4-5-16-3-2-13-12(14)11-7-9-6-10(9)8-11/h9-11H,2-8H2,1H3,(H,13,14). The van der Waals surface area contributed by atoms with E-state index in [9.17, 15) is 4.79 Å². The Labute approximate surface area is 96.7 Å². The molecular formula is C12H21NO3. The summed E-state index contributed by atoms with van der Waals surface area (Å²) in [6.07, 6.45) is 3.59. The molecule has 2 aliphatic rings. The van der Waals surface area contributed by atoms with Gasteiger partial charge in [-0.3, -0.25) is 4.79 Å². The van der Waals surface area contributed by atoms with Crippen LogP contribution in [0.1, 0.15) is 19.3 Å². The van der Waals surface area contributed by atoms with Crippen LogP contribution in [0.15, 0.2) is 0 Å². The molecule has 2 rings (SSSR count). The lowest BCUT2D eigenvalue weighted by atomic mass is 10.0. The van der Waals surface area contributed by atoms with Gasteiger partial charge in [0.05, 0.1) is 19.8 Å². The molecule has 0 spiro atoms. The molecule has 0 heterocycles. The lowest BCUT2D eigenvalue weighted by Gasteiger charge is -2.12. The normalized spacial score (nSPS) is 31.2. The number of carbonyl (C=O) groups excluding carboxylic acids is 1. The van der Waals surface area contributed by atoms with Crippen molar-refractivity contribution in [2.24, 2.45) is 17.8 Å². The van der Waals surface area contributed by atoms with Gasteiger partial charge in [0.1, 0.15) is 0 Å². The lowest BCUT2D eigenvalue weighted by molar-refractivity contribution is -0.125. The molecule has 1 N–H and O–H groups in total. The van der Waals surface area contributed by atoms with Crippen LogP contribution in [-0.4, -0.2) is 39.4 Å². The van der Waals surface area contributed by atoms with Crippen molar-refractivity contribution in [3.05, 3.63) is 0 Å². The first kappa shape index (κ1) is 11.9. The van der Waals surface area contributed by atoms with Crippen molar-refractivity contribution in [1.29, 1.82) is 0 Å². The maximum Gasteiger partial charge on any atom is 0.223 e. The van der Waals surface area contributed by atoms with Crippen LogP contribution in [0, 0.1) is 17.8 Å². The molecule has 4 heteroatoms. The van der Waals surface area contributed by atoms with Crippen molar-refractivity contribution < 1.29 is 14.3 Å². The Morgan fingerprint density at radius 3 is 2.62 bits per heavy atom. The minimum Gasteiger partial charge on any atom is -0.382 e. The van der Waals surface area contributed by atoms with Crippen molar-refractivity contribution in [3.63, 3.8) is 0 Å². The van der Waals surface area contributed by atoms with Crippen LogP contribution >= 0.6 is 0 Å². The van der Waals surface area contributed by atoms with Crippen LogP contribution in [0.2, 0.25) is 0 Å².